The molecule has 2 N–H and O–H groups in total. The maximum atomic E-state index is 13.5. The maximum absolute atomic E-state index is 13.5. The van der Waals surface area contributed by atoms with Gasteiger partial charge in [-0.05, 0) is 47.9 Å². The Labute approximate surface area is 172 Å². The lowest BCUT2D eigenvalue weighted by atomic mass is 10.1. The molecule has 2 heterocycles. The summed E-state index contributed by atoms with van der Waals surface area (Å²) in [4.78, 5) is 15.4. The van der Waals surface area contributed by atoms with Crippen LogP contribution < -0.4 is 5.32 Å². The minimum absolute atomic E-state index is 0.240. The minimum Gasteiger partial charge on any atom is -0.455 e. The van der Waals surface area contributed by atoms with Crippen molar-refractivity contribution in [1.82, 2.24) is 10.3 Å². The van der Waals surface area contributed by atoms with Gasteiger partial charge in [-0.3, -0.25) is 4.79 Å². The van der Waals surface area contributed by atoms with Gasteiger partial charge >= 0.3 is 0 Å². The molecular weight excluding hydrogens is 387 g/mol. The zero-order valence-electron chi connectivity index (χ0n) is 15.8. The van der Waals surface area contributed by atoms with Gasteiger partial charge in [-0.15, -0.1) is 11.8 Å². The Morgan fingerprint density at radius 2 is 1.93 bits per heavy atom. The first-order valence-corrected chi connectivity index (χ1v) is 10.6. The fourth-order valence-electron chi connectivity index (χ4n) is 3.18. The lowest BCUT2D eigenvalue weighted by Crippen LogP contribution is -2.25. The molecule has 4 nitrogen and oxygen atoms in total. The number of carbonyl (C=O) groups is 1. The summed E-state index contributed by atoms with van der Waals surface area (Å²) < 4.78 is 19.1. The fraction of sp³-hybridized carbons (Fsp3) is 0.174. The molecule has 148 valence electrons. The van der Waals surface area contributed by atoms with Crippen molar-refractivity contribution in [1.29, 1.82) is 0 Å². The highest BCUT2D eigenvalue weighted by Gasteiger charge is 2.12. The number of aromatic nitrogens is 1. The van der Waals surface area contributed by atoms with Crippen molar-refractivity contribution in [2.75, 3.05) is 6.54 Å². The first-order valence-electron chi connectivity index (χ1n) is 9.43. The molecule has 4 rings (SSSR count). The Morgan fingerprint density at radius 1 is 1.07 bits per heavy atom. The van der Waals surface area contributed by atoms with E-state index >= 15 is 0 Å². The van der Waals surface area contributed by atoms with Gasteiger partial charge in [0.05, 0.1) is 5.75 Å². The smallest absolute Gasteiger partial charge is 0.287 e. The highest BCUT2D eigenvalue weighted by atomic mass is 32.2. The summed E-state index contributed by atoms with van der Waals surface area (Å²) >= 11 is 1.74. The molecule has 0 atom stereocenters. The van der Waals surface area contributed by atoms with E-state index in [4.69, 9.17) is 4.42 Å². The molecule has 0 saturated carbocycles. The monoisotopic (exact) mass is 408 g/mol. The number of fused-ring (bicyclic) bond motifs is 1. The molecule has 0 fully saturated rings. The number of halogens is 1. The van der Waals surface area contributed by atoms with E-state index in [2.05, 4.69) is 22.4 Å². The fourth-order valence-corrected chi connectivity index (χ4v) is 4.06. The SMILES string of the molecule is O=C(NCCc1c[nH]c2ccc(F)cc12)c1ccc(CSCc2ccccc2)o1. The van der Waals surface area contributed by atoms with E-state index < -0.39 is 0 Å². The van der Waals surface area contributed by atoms with Gasteiger partial charge in [0, 0.05) is 29.4 Å². The molecule has 6 heteroatoms. The number of furan rings is 1. The topological polar surface area (TPSA) is 58.0 Å². The molecule has 0 radical (unpaired) electrons. The summed E-state index contributed by atoms with van der Waals surface area (Å²) in [6, 6.07) is 18.4. The second-order valence-electron chi connectivity index (χ2n) is 6.75. The molecule has 29 heavy (non-hydrogen) atoms. The first kappa shape index (κ1) is 19.3. The van der Waals surface area contributed by atoms with Crippen LogP contribution in [0.25, 0.3) is 10.9 Å². The first-order chi connectivity index (χ1) is 14.2. The Balaban J connectivity index is 1.26. The number of benzene rings is 2. The number of thioether (sulfide) groups is 1. The predicted octanol–water partition coefficient (Wildman–Crippen LogP) is 5.31. The Bertz CT molecular complexity index is 1100. The standard InChI is InChI=1S/C23H21FN2O2S/c24-18-6-8-21-20(12-18)17(13-26-21)10-11-25-23(27)22-9-7-19(28-22)15-29-14-16-4-2-1-3-5-16/h1-9,12-13,26H,10-11,14-15H2,(H,25,27). The molecule has 1 amide bonds. The average Bonchev–Trinajstić information content (AvgIpc) is 3.36. The number of amides is 1. The van der Waals surface area contributed by atoms with Gasteiger partial charge in [0.1, 0.15) is 11.6 Å². The summed E-state index contributed by atoms with van der Waals surface area (Å²) in [7, 11) is 0. The van der Waals surface area contributed by atoms with Crippen molar-refractivity contribution in [3.05, 3.63) is 95.3 Å². The van der Waals surface area contributed by atoms with Crippen molar-refractivity contribution in [2.24, 2.45) is 0 Å². The van der Waals surface area contributed by atoms with Crippen LogP contribution in [-0.4, -0.2) is 17.4 Å². The van der Waals surface area contributed by atoms with Crippen molar-refractivity contribution < 1.29 is 13.6 Å². The molecule has 2 aromatic heterocycles. The van der Waals surface area contributed by atoms with E-state index in [-0.39, 0.29) is 11.7 Å². The largest absolute Gasteiger partial charge is 0.455 e. The summed E-state index contributed by atoms with van der Waals surface area (Å²) in [6.07, 6.45) is 2.46. The van der Waals surface area contributed by atoms with Crippen LogP contribution >= 0.6 is 11.8 Å². The Kier molecular flexibility index (Phi) is 6.00. The van der Waals surface area contributed by atoms with Gasteiger partial charge in [0.2, 0.25) is 0 Å². The van der Waals surface area contributed by atoms with Crippen molar-refractivity contribution in [3.63, 3.8) is 0 Å². The third-order valence-electron chi connectivity index (χ3n) is 4.65. The second kappa shape index (κ2) is 9.01. The Morgan fingerprint density at radius 3 is 2.79 bits per heavy atom. The Hall–Kier alpha value is -2.99. The molecule has 0 aliphatic rings. The number of H-pyrrole nitrogens is 1. The molecule has 0 saturated heterocycles. The minimum atomic E-state index is -0.268. The van der Waals surface area contributed by atoms with Crippen LogP contribution in [0.3, 0.4) is 0 Å². The van der Waals surface area contributed by atoms with E-state index in [1.54, 1.807) is 23.9 Å². The maximum Gasteiger partial charge on any atom is 0.287 e. The average molecular weight is 408 g/mol. The van der Waals surface area contributed by atoms with Crippen LogP contribution in [0.4, 0.5) is 4.39 Å². The normalized spacial score (nSPS) is 11.1. The summed E-state index contributed by atoms with van der Waals surface area (Å²) in [6.45, 7) is 0.446. The molecule has 0 aliphatic heterocycles. The van der Waals surface area contributed by atoms with Gasteiger partial charge in [-0.2, -0.15) is 0 Å². The van der Waals surface area contributed by atoms with E-state index in [1.807, 2.05) is 30.5 Å². The number of hydrogen-bond donors (Lipinski definition) is 2. The summed E-state index contributed by atoms with van der Waals surface area (Å²) in [5.41, 5.74) is 3.12. The predicted molar refractivity (Wildman–Crippen MR) is 114 cm³/mol. The quantitative estimate of drug-likeness (QED) is 0.416. The van der Waals surface area contributed by atoms with Crippen LogP contribution in [0.2, 0.25) is 0 Å². The van der Waals surface area contributed by atoms with Crippen molar-refractivity contribution in [2.45, 2.75) is 17.9 Å². The molecular formula is C23H21FN2O2S. The van der Waals surface area contributed by atoms with Gasteiger partial charge in [0.25, 0.3) is 5.91 Å². The van der Waals surface area contributed by atoms with Gasteiger partial charge in [-0.1, -0.05) is 30.3 Å². The van der Waals surface area contributed by atoms with Crippen LogP contribution in [0, 0.1) is 5.82 Å². The number of carbonyl (C=O) groups excluding carboxylic acids is 1. The number of hydrogen-bond acceptors (Lipinski definition) is 3. The van der Waals surface area contributed by atoms with Gasteiger partial charge in [0.15, 0.2) is 5.76 Å². The zero-order chi connectivity index (χ0) is 20.1. The highest BCUT2D eigenvalue weighted by molar-refractivity contribution is 7.97. The molecule has 0 unspecified atom stereocenters. The third-order valence-corrected chi connectivity index (χ3v) is 5.68. The van der Waals surface area contributed by atoms with Crippen LogP contribution in [0.1, 0.15) is 27.4 Å². The van der Waals surface area contributed by atoms with Crippen LogP contribution in [0.5, 0.6) is 0 Å². The van der Waals surface area contributed by atoms with Gasteiger partial charge in [-0.25, -0.2) is 4.39 Å². The van der Waals surface area contributed by atoms with E-state index in [9.17, 15) is 9.18 Å². The zero-order valence-corrected chi connectivity index (χ0v) is 16.6. The van der Waals surface area contributed by atoms with E-state index in [0.29, 0.717) is 24.5 Å². The summed E-state index contributed by atoms with van der Waals surface area (Å²) in [5.74, 6) is 2.19. The van der Waals surface area contributed by atoms with Crippen LogP contribution in [0.15, 0.2) is 71.3 Å². The third kappa shape index (κ3) is 4.90. The van der Waals surface area contributed by atoms with E-state index in [0.717, 1.165) is 28.0 Å². The van der Waals surface area contributed by atoms with Gasteiger partial charge < -0.3 is 14.7 Å². The number of nitrogens with one attached hydrogen (secondary N) is 2. The van der Waals surface area contributed by atoms with Crippen molar-refractivity contribution >= 4 is 28.6 Å². The lowest BCUT2D eigenvalue weighted by Gasteiger charge is -2.03. The molecule has 0 spiro atoms. The molecule has 4 aromatic rings. The number of rotatable bonds is 8. The van der Waals surface area contributed by atoms with Crippen LogP contribution in [-0.2, 0) is 17.9 Å². The summed E-state index contributed by atoms with van der Waals surface area (Å²) in [5, 5.41) is 3.71. The molecule has 2 aromatic carbocycles. The second-order valence-corrected chi connectivity index (χ2v) is 7.74. The van der Waals surface area contributed by atoms with E-state index in [1.165, 1.54) is 17.7 Å². The lowest BCUT2D eigenvalue weighted by molar-refractivity contribution is 0.0925. The highest BCUT2D eigenvalue weighted by Crippen LogP contribution is 2.21. The molecule has 0 bridgehead atoms. The van der Waals surface area contributed by atoms with Crippen molar-refractivity contribution in [3.8, 4) is 0 Å². The molecule has 0 aliphatic carbocycles. The number of aromatic amines is 1.